The van der Waals surface area contributed by atoms with E-state index in [-0.39, 0.29) is 5.82 Å². The first-order chi connectivity index (χ1) is 11.3. The van der Waals surface area contributed by atoms with Gasteiger partial charge in [0.2, 0.25) is 0 Å². The van der Waals surface area contributed by atoms with Gasteiger partial charge in [0, 0.05) is 18.8 Å². The molecule has 1 fully saturated rings. The Labute approximate surface area is 135 Å². The fraction of sp³-hybridized carbons (Fsp3) is 0.211. The fourth-order valence-corrected chi connectivity index (χ4v) is 2.58. The molecule has 0 atom stereocenters. The van der Waals surface area contributed by atoms with Crippen molar-refractivity contribution in [2.75, 3.05) is 31.2 Å². The summed E-state index contributed by atoms with van der Waals surface area (Å²) in [5, 5.41) is 9.33. The minimum absolute atomic E-state index is 0.305. The van der Waals surface area contributed by atoms with Crippen LogP contribution in [0.15, 0.2) is 48.5 Å². The fourth-order valence-electron chi connectivity index (χ4n) is 2.58. The van der Waals surface area contributed by atoms with Crippen LogP contribution in [0.5, 0.6) is 0 Å². The first-order valence-electron chi connectivity index (χ1n) is 7.57. The molecule has 1 heterocycles. The predicted octanol–water partition coefficient (Wildman–Crippen LogP) is 3.73. The summed E-state index contributed by atoms with van der Waals surface area (Å²) in [7, 11) is 0. The highest BCUT2D eigenvalue weighted by molar-refractivity contribution is 5.89. The number of nitriles is 1. The van der Waals surface area contributed by atoms with Gasteiger partial charge in [0.05, 0.1) is 24.9 Å². The lowest BCUT2D eigenvalue weighted by Crippen LogP contribution is -2.36. The van der Waals surface area contributed by atoms with Gasteiger partial charge in [-0.2, -0.15) is 5.26 Å². The largest absolute Gasteiger partial charge is 0.378 e. The number of halogens is 1. The van der Waals surface area contributed by atoms with Gasteiger partial charge in [-0.1, -0.05) is 24.3 Å². The van der Waals surface area contributed by atoms with Crippen LogP contribution in [0, 0.1) is 17.1 Å². The van der Waals surface area contributed by atoms with E-state index < -0.39 is 0 Å². The van der Waals surface area contributed by atoms with Crippen molar-refractivity contribution in [3.63, 3.8) is 0 Å². The zero-order valence-corrected chi connectivity index (χ0v) is 12.7. The van der Waals surface area contributed by atoms with Crippen LogP contribution in [0.25, 0.3) is 11.6 Å². The van der Waals surface area contributed by atoms with Gasteiger partial charge in [0.25, 0.3) is 0 Å². The summed E-state index contributed by atoms with van der Waals surface area (Å²) < 4.78 is 18.3. The summed E-state index contributed by atoms with van der Waals surface area (Å²) in [6, 6.07) is 16.2. The van der Waals surface area contributed by atoms with Crippen molar-refractivity contribution in [2.45, 2.75) is 0 Å². The summed E-state index contributed by atoms with van der Waals surface area (Å²) in [6.07, 6.45) is 1.82. The van der Waals surface area contributed by atoms with Crippen LogP contribution >= 0.6 is 0 Å². The maximum Gasteiger partial charge on any atom is 0.123 e. The molecule has 3 rings (SSSR count). The number of anilines is 1. The van der Waals surface area contributed by atoms with Gasteiger partial charge in [-0.25, -0.2) is 4.39 Å². The lowest BCUT2D eigenvalue weighted by molar-refractivity contribution is 0.122. The first-order valence-corrected chi connectivity index (χ1v) is 7.57. The Morgan fingerprint density at radius 1 is 1.04 bits per heavy atom. The van der Waals surface area contributed by atoms with Crippen molar-refractivity contribution >= 4 is 17.3 Å². The molecule has 1 saturated heterocycles. The number of benzene rings is 2. The van der Waals surface area contributed by atoms with Crippen LogP contribution in [0.1, 0.15) is 11.1 Å². The standard InChI is InChI=1S/C19H17FN2O/c20-18-5-3-16(4-6-18)17(14-21)13-15-1-7-19(8-2-15)22-9-11-23-12-10-22/h1-8,13H,9-12H2/b17-13-. The van der Waals surface area contributed by atoms with Gasteiger partial charge in [-0.3, -0.25) is 0 Å². The SMILES string of the molecule is N#C/C(=C/c1ccc(N2CCOCC2)cc1)c1ccc(F)cc1. The van der Waals surface area contributed by atoms with Crippen LogP contribution in [0.4, 0.5) is 10.1 Å². The monoisotopic (exact) mass is 308 g/mol. The third-order valence-electron chi connectivity index (χ3n) is 3.86. The summed E-state index contributed by atoms with van der Waals surface area (Å²) in [5.41, 5.74) is 3.34. The Balaban J connectivity index is 1.80. The van der Waals surface area contributed by atoms with Crippen molar-refractivity contribution < 1.29 is 9.13 Å². The minimum Gasteiger partial charge on any atom is -0.378 e. The molecule has 4 heteroatoms. The second-order valence-electron chi connectivity index (χ2n) is 5.37. The van der Waals surface area contributed by atoms with E-state index in [1.165, 1.54) is 12.1 Å². The highest BCUT2D eigenvalue weighted by Crippen LogP contribution is 2.21. The Morgan fingerprint density at radius 2 is 1.70 bits per heavy atom. The van der Waals surface area contributed by atoms with E-state index in [0.717, 1.165) is 37.6 Å². The van der Waals surface area contributed by atoms with Crippen molar-refractivity contribution in [1.82, 2.24) is 0 Å². The van der Waals surface area contributed by atoms with Crippen molar-refractivity contribution in [2.24, 2.45) is 0 Å². The van der Waals surface area contributed by atoms with Gasteiger partial charge in [-0.05, 0) is 41.5 Å². The molecule has 0 bridgehead atoms. The molecule has 0 N–H and O–H groups in total. The van der Waals surface area contributed by atoms with E-state index in [0.29, 0.717) is 11.1 Å². The van der Waals surface area contributed by atoms with Crippen LogP contribution in [-0.2, 0) is 4.74 Å². The second-order valence-corrected chi connectivity index (χ2v) is 5.37. The number of ether oxygens (including phenoxy) is 1. The maximum atomic E-state index is 13.0. The lowest BCUT2D eigenvalue weighted by Gasteiger charge is -2.28. The minimum atomic E-state index is -0.305. The molecule has 0 saturated carbocycles. The molecule has 2 aromatic rings. The lowest BCUT2D eigenvalue weighted by atomic mass is 10.0. The van der Waals surface area contributed by atoms with Gasteiger partial charge >= 0.3 is 0 Å². The van der Waals surface area contributed by atoms with Crippen LogP contribution in [0.2, 0.25) is 0 Å². The van der Waals surface area contributed by atoms with E-state index in [1.807, 2.05) is 18.2 Å². The molecule has 2 aromatic carbocycles. The van der Waals surface area contributed by atoms with Gasteiger partial charge in [-0.15, -0.1) is 0 Å². The smallest absolute Gasteiger partial charge is 0.123 e. The van der Waals surface area contributed by atoms with E-state index in [2.05, 4.69) is 23.1 Å². The molecule has 1 aliphatic rings. The number of hydrogen-bond acceptors (Lipinski definition) is 3. The number of rotatable bonds is 3. The number of allylic oxidation sites excluding steroid dienone is 1. The van der Waals surface area contributed by atoms with Gasteiger partial charge in [0.1, 0.15) is 5.82 Å². The van der Waals surface area contributed by atoms with Crippen molar-refractivity contribution in [3.8, 4) is 6.07 Å². The summed E-state index contributed by atoms with van der Waals surface area (Å²) in [5.74, 6) is -0.305. The average Bonchev–Trinajstić information content (AvgIpc) is 2.62. The van der Waals surface area contributed by atoms with E-state index in [1.54, 1.807) is 12.1 Å². The Morgan fingerprint density at radius 3 is 2.30 bits per heavy atom. The molecule has 3 nitrogen and oxygen atoms in total. The molecule has 23 heavy (non-hydrogen) atoms. The van der Waals surface area contributed by atoms with E-state index in [4.69, 9.17) is 4.74 Å². The molecule has 0 radical (unpaired) electrons. The third-order valence-corrected chi connectivity index (χ3v) is 3.86. The van der Waals surface area contributed by atoms with Gasteiger partial charge in [0.15, 0.2) is 0 Å². The van der Waals surface area contributed by atoms with Crippen LogP contribution in [-0.4, -0.2) is 26.3 Å². The molecule has 0 amide bonds. The first kappa shape index (κ1) is 15.3. The molecule has 1 aliphatic heterocycles. The predicted molar refractivity (Wildman–Crippen MR) is 89.4 cm³/mol. The number of hydrogen-bond donors (Lipinski definition) is 0. The topological polar surface area (TPSA) is 36.3 Å². The van der Waals surface area contributed by atoms with E-state index >= 15 is 0 Å². The quantitative estimate of drug-likeness (QED) is 0.640. The molecule has 0 aliphatic carbocycles. The van der Waals surface area contributed by atoms with Crippen molar-refractivity contribution in [3.05, 3.63) is 65.5 Å². The van der Waals surface area contributed by atoms with Crippen LogP contribution in [0.3, 0.4) is 0 Å². The van der Waals surface area contributed by atoms with Crippen molar-refractivity contribution in [1.29, 1.82) is 5.26 Å². The number of morpholine rings is 1. The van der Waals surface area contributed by atoms with Crippen LogP contribution < -0.4 is 4.90 Å². The molecule has 0 unspecified atom stereocenters. The molecule has 0 spiro atoms. The highest BCUT2D eigenvalue weighted by atomic mass is 19.1. The Kier molecular flexibility index (Phi) is 4.70. The average molecular weight is 308 g/mol. The molecule has 116 valence electrons. The van der Waals surface area contributed by atoms with Gasteiger partial charge < -0.3 is 9.64 Å². The second kappa shape index (κ2) is 7.08. The normalized spacial score (nSPS) is 15.3. The van der Waals surface area contributed by atoms with E-state index in [9.17, 15) is 9.65 Å². The third kappa shape index (κ3) is 3.77. The highest BCUT2D eigenvalue weighted by Gasteiger charge is 2.10. The zero-order valence-electron chi connectivity index (χ0n) is 12.7. The Bertz CT molecular complexity index is 723. The molecule has 0 aromatic heterocycles. The summed E-state index contributed by atoms with van der Waals surface area (Å²) in [4.78, 5) is 2.28. The molecular weight excluding hydrogens is 291 g/mol. The summed E-state index contributed by atoms with van der Waals surface area (Å²) >= 11 is 0. The Hall–Kier alpha value is -2.64. The molecular formula is C19H17FN2O. The summed E-state index contributed by atoms with van der Waals surface area (Å²) in [6.45, 7) is 3.30. The maximum absolute atomic E-state index is 13.0. The number of nitrogens with zero attached hydrogens (tertiary/aromatic N) is 2. The zero-order chi connectivity index (χ0) is 16.1.